The summed E-state index contributed by atoms with van der Waals surface area (Å²) in [4.78, 5) is 22.7. The molecule has 0 aliphatic rings. The Hall–Kier alpha value is -2.84. The van der Waals surface area contributed by atoms with E-state index in [-0.39, 0.29) is 22.3 Å². The van der Waals surface area contributed by atoms with Gasteiger partial charge in [0.1, 0.15) is 11.5 Å². The number of carboxylic acid groups (broad SMARTS) is 1. The fraction of sp³-hybridized carbons (Fsp3) is 0.118. The number of carboxylic acids is 1. The van der Waals surface area contributed by atoms with Crippen LogP contribution in [-0.2, 0) is 4.79 Å². The topological polar surface area (TPSA) is 99.7 Å². The van der Waals surface area contributed by atoms with Crippen molar-refractivity contribution < 1.29 is 24.2 Å². The molecule has 0 atom stereocenters. The van der Waals surface area contributed by atoms with Gasteiger partial charge in [0.05, 0.1) is 18.1 Å². The number of thiocarbonyl (C=S) groups is 1. The zero-order valence-electron chi connectivity index (χ0n) is 13.6. The lowest BCUT2D eigenvalue weighted by molar-refractivity contribution is -0.255. The van der Waals surface area contributed by atoms with Gasteiger partial charge in [0.25, 0.3) is 5.91 Å². The van der Waals surface area contributed by atoms with E-state index in [0.29, 0.717) is 17.2 Å². The maximum absolute atomic E-state index is 11.9. The van der Waals surface area contributed by atoms with Crippen molar-refractivity contribution >= 4 is 46.5 Å². The molecule has 0 unspecified atom stereocenters. The number of ether oxygens (including phenoxy) is 2. The molecule has 2 rings (SSSR count). The van der Waals surface area contributed by atoms with Crippen molar-refractivity contribution in [2.75, 3.05) is 19.0 Å². The fourth-order valence-corrected chi connectivity index (χ4v) is 2.39. The van der Waals surface area contributed by atoms with E-state index in [4.69, 9.17) is 33.3 Å². The maximum Gasteiger partial charge on any atom is 0.264 e. The third-order valence-electron chi connectivity index (χ3n) is 3.13. The quantitative estimate of drug-likeness (QED) is 0.719. The first-order valence-corrected chi connectivity index (χ1v) is 8.06. The lowest BCUT2D eigenvalue weighted by atomic mass is 10.2. The van der Waals surface area contributed by atoms with Crippen LogP contribution in [0.2, 0.25) is 5.02 Å². The van der Waals surface area contributed by atoms with Gasteiger partial charge in [-0.1, -0.05) is 11.6 Å². The number of methoxy groups -OCH3 is 1. The van der Waals surface area contributed by atoms with Gasteiger partial charge in [0.2, 0.25) is 0 Å². The lowest BCUT2D eigenvalue weighted by Crippen LogP contribution is -2.37. The van der Waals surface area contributed by atoms with Crippen molar-refractivity contribution in [3.8, 4) is 11.5 Å². The van der Waals surface area contributed by atoms with Gasteiger partial charge < -0.3 is 24.7 Å². The van der Waals surface area contributed by atoms with E-state index >= 15 is 0 Å². The second-order valence-corrected chi connectivity index (χ2v) is 5.76. The number of amides is 1. The summed E-state index contributed by atoms with van der Waals surface area (Å²) in [5.74, 6) is -0.663. The van der Waals surface area contributed by atoms with Crippen LogP contribution in [0.25, 0.3) is 0 Å². The molecule has 136 valence electrons. The number of rotatable bonds is 6. The molecule has 0 aliphatic heterocycles. The number of benzene rings is 2. The van der Waals surface area contributed by atoms with Gasteiger partial charge in [-0.15, -0.1) is 0 Å². The number of aromatic carboxylic acids is 1. The van der Waals surface area contributed by atoms with Crippen LogP contribution in [0.1, 0.15) is 10.4 Å². The average Bonchev–Trinajstić information content (AvgIpc) is 2.60. The highest BCUT2D eigenvalue weighted by Crippen LogP contribution is 2.20. The average molecular weight is 394 g/mol. The van der Waals surface area contributed by atoms with Gasteiger partial charge >= 0.3 is 0 Å². The van der Waals surface area contributed by atoms with Crippen LogP contribution in [0.5, 0.6) is 11.5 Å². The van der Waals surface area contributed by atoms with Crippen LogP contribution in [0.4, 0.5) is 5.69 Å². The third kappa shape index (κ3) is 5.61. The predicted octanol–water partition coefficient (Wildman–Crippen LogP) is 1.60. The highest BCUT2D eigenvalue weighted by Gasteiger charge is 2.08. The van der Waals surface area contributed by atoms with E-state index in [1.165, 1.54) is 18.2 Å². The summed E-state index contributed by atoms with van der Waals surface area (Å²) in [6, 6.07) is 10.8. The van der Waals surface area contributed by atoms with Crippen molar-refractivity contribution in [1.29, 1.82) is 0 Å². The standard InChI is InChI=1S/C17H15ClN2O5S/c1-24-11-3-5-12(6-4-11)25-9-15(21)20-17(26)19-10-2-7-13(16(22)23)14(18)8-10/h2-8H,9H2,1H3,(H,22,23)(H2,19,20,21,26)/p-1. The van der Waals surface area contributed by atoms with Gasteiger partial charge in [0, 0.05) is 11.3 Å². The van der Waals surface area contributed by atoms with E-state index < -0.39 is 11.9 Å². The molecule has 9 heteroatoms. The molecule has 2 aromatic rings. The fourth-order valence-electron chi connectivity index (χ4n) is 1.90. The number of hydrogen-bond acceptors (Lipinski definition) is 6. The number of nitrogens with one attached hydrogen (secondary N) is 2. The number of carbonyl (C=O) groups is 2. The molecule has 26 heavy (non-hydrogen) atoms. The van der Waals surface area contributed by atoms with Crippen LogP contribution >= 0.6 is 23.8 Å². The molecule has 0 aromatic heterocycles. The molecular weight excluding hydrogens is 380 g/mol. The van der Waals surface area contributed by atoms with E-state index in [9.17, 15) is 14.7 Å². The zero-order chi connectivity index (χ0) is 19.1. The summed E-state index contributed by atoms with van der Waals surface area (Å²) in [6.45, 7) is -0.238. The minimum absolute atomic E-state index is 0.00744. The molecule has 0 aliphatic carbocycles. The molecule has 0 saturated carbocycles. The van der Waals surface area contributed by atoms with Crippen LogP contribution < -0.4 is 25.2 Å². The van der Waals surface area contributed by atoms with Crippen LogP contribution in [0.15, 0.2) is 42.5 Å². The summed E-state index contributed by atoms with van der Waals surface area (Å²) in [5.41, 5.74) is 0.279. The number of carbonyl (C=O) groups excluding carboxylic acids is 2. The number of anilines is 1. The highest BCUT2D eigenvalue weighted by molar-refractivity contribution is 7.80. The van der Waals surface area contributed by atoms with Gasteiger partial charge in [-0.25, -0.2) is 0 Å². The number of halogens is 1. The SMILES string of the molecule is COc1ccc(OCC(=O)NC(=S)Nc2ccc(C(=O)[O-])c(Cl)c2)cc1. The smallest absolute Gasteiger partial charge is 0.264 e. The molecule has 2 aromatic carbocycles. The van der Waals surface area contributed by atoms with Crippen LogP contribution in [-0.4, -0.2) is 30.7 Å². The second kappa shape index (κ2) is 9.02. The Morgan fingerprint density at radius 2 is 1.81 bits per heavy atom. The summed E-state index contributed by atoms with van der Waals surface area (Å²) < 4.78 is 10.4. The lowest BCUT2D eigenvalue weighted by Gasteiger charge is -2.12. The Morgan fingerprint density at radius 3 is 2.38 bits per heavy atom. The molecule has 0 radical (unpaired) electrons. The highest BCUT2D eigenvalue weighted by atomic mass is 35.5. The van der Waals surface area contributed by atoms with Gasteiger partial charge in [-0.2, -0.15) is 0 Å². The molecule has 1 amide bonds. The molecule has 0 bridgehead atoms. The molecule has 0 fully saturated rings. The largest absolute Gasteiger partial charge is 0.545 e. The molecular formula is C17H14ClN2O5S-. The zero-order valence-corrected chi connectivity index (χ0v) is 15.1. The van der Waals surface area contributed by atoms with Crippen molar-refractivity contribution in [2.45, 2.75) is 0 Å². The van der Waals surface area contributed by atoms with Crippen molar-refractivity contribution in [3.05, 3.63) is 53.1 Å². The predicted molar refractivity (Wildman–Crippen MR) is 98.6 cm³/mol. The minimum atomic E-state index is -1.38. The normalized spacial score (nSPS) is 9.92. The summed E-state index contributed by atoms with van der Waals surface area (Å²) in [7, 11) is 1.55. The summed E-state index contributed by atoms with van der Waals surface area (Å²) >= 11 is 10.8. The maximum atomic E-state index is 11.9. The van der Waals surface area contributed by atoms with E-state index in [1.807, 2.05) is 0 Å². The molecule has 0 spiro atoms. The Balaban J connectivity index is 1.84. The summed E-state index contributed by atoms with van der Waals surface area (Å²) in [5, 5.41) is 16.0. The minimum Gasteiger partial charge on any atom is -0.545 e. The van der Waals surface area contributed by atoms with Gasteiger partial charge in [-0.3, -0.25) is 10.1 Å². The molecule has 0 saturated heterocycles. The van der Waals surface area contributed by atoms with E-state index in [0.717, 1.165) is 0 Å². The van der Waals surface area contributed by atoms with Gasteiger partial charge in [0.15, 0.2) is 11.7 Å². The first-order valence-electron chi connectivity index (χ1n) is 7.27. The first kappa shape index (κ1) is 19.5. The number of hydrogen-bond donors (Lipinski definition) is 2. The van der Waals surface area contributed by atoms with Crippen LogP contribution in [0, 0.1) is 0 Å². The monoisotopic (exact) mass is 393 g/mol. The van der Waals surface area contributed by atoms with E-state index in [2.05, 4.69) is 10.6 Å². The van der Waals surface area contributed by atoms with Crippen LogP contribution in [0.3, 0.4) is 0 Å². The molecule has 0 heterocycles. The summed E-state index contributed by atoms with van der Waals surface area (Å²) in [6.07, 6.45) is 0. The van der Waals surface area contributed by atoms with Crippen molar-refractivity contribution in [3.63, 3.8) is 0 Å². The van der Waals surface area contributed by atoms with E-state index in [1.54, 1.807) is 31.4 Å². The Morgan fingerprint density at radius 1 is 1.15 bits per heavy atom. The third-order valence-corrected chi connectivity index (χ3v) is 3.65. The molecule has 7 nitrogen and oxygen atoms in total. The Kier molecular flexibility index (Phi) is 6.76. The molecule has 2 N–H and O–H groups in total. The van der Waals surface area contributed by atoms with Crippen molar-refractivity contribution in [1.82, 2.24) is 5.32 Å². The Bertz CT molecular complexity index is 826. The second-order valence-electron chi connectivity index (χ2n) is 4.95. The van der Waals surface area contributed by atoms with Gasteiger partial charge in [-0.05, 0) is 54.7 Å². The Labute approximate surface area is 159 Å². The first-order chi connectivity index (χ1) is 12.4. The van der Waals surface area contributed by atoms with Crippen molar-refractivity contribution in [2.24, 2.45) is 0 Å².